The van der Waals surface area contributed by atoms with E-state index in [0.29, 0.717) is 11.3 Å². The molecule has 0 radical (unpaired) electrons. The van der Waals surface area contributed by atoms with Crippen molar-refractivity contribution in [2.75, 3.05) is 5.73 Å². The van der Waals surface area contributed by atoms with Crippen LogP contribution in [0.3, 0.4) is 0 Å². The molecular formula is C10H11BrN2O2. The summed E-state index contributed by atoms with van der Waals surface area (Å²) in [6, 6.07) is 6.78. The Morgan fingerprint density at radius 1 is 1.47 bits per heavy atom. The highest BCUT2D eigenvalue weighted by atomic mass is 79.9. The van der Waals surface area contributed by atoms with E-state index in [1.54, 1.807) is 24.3 Å². The predicted octanol–water partition coefficient (Wildman–Crippen LogP) is 1.34. The molecule has 0 amide bonds. The van der Waals surface area contributed by atoms with Crippen LogP contribution >= 0.6 is 15.9 Å². The molecule has 0 saturated carbocycles. The maximum atomic E-state index is 9.72. The van der Waals surface area contributed by atoms with Crippen molar-refractivity contribution in [3.8, 4) is 6.07 Å². The van der Waals surface area contributed by atoms with Gasteiger partial charge in [0.05, 0.1) is 18.6 Å². The lowest BCUT2D eigenvalue weighted by atomic mass is 10.0. The minimum absolute atomic E-state index is 0.132. The molecule has 4 N–H and O–H groups in total. The summed E-state index contributed by atoms with van der Waals surface area (Å²) in [5, 5.41) is 27.6. The smallest absolute Gasteiger partial charge is 0.108 e. The lowest BCUT2D eigenvalue weighted by Crippen LogP contribution is -2.18. The van der Waals surface area contributed by atoms with Crippen LogP contribution in [0.5, 0.6) is 0 Å². The molecule has 0 heterocycles. The second-order valence-corrected chi connectivity index (χ2v) is 4.06. The molecule has 0 spiro atoms. The van der Waals surface area contributed by atoms with E-state index in [9.17, 15) is 10.2 Å². The summed E-state index contributed by atoms with van der Waals surface area (Å²) in [5.74, 6) is 0. The number of hydrogen-bond donors (Lipinski definition) is 3. The quantitative estimate of drug-likeness (QED) is 0.723. The van der Waals surface area contributed by atoms with Crippen LogP contribution < -0.4 is 5.73 Å². The Labute approximate surface area is 96.1 Å². The van der Waals surface area contributed by atoms with Crippen molar-refractivity contribution in [2.24, 2.45) is 0 Å². The zero-order valence-electron chi connectivity index (χ0n) is 7.89. The standard InChI is InChI=1S/C10H11BrN2O2/c11-6-1-2-8(13)7(5-6)10(15)9(14)3-4-12/h1-2,5,9-10,14-15H,3,13H2. The average Bonchev–Trinajstić information content (AvgIpc) is 2.21. The van der Waals surface area contributed by atoms with Gasteiger partial charge < -0.3 is 15.9 Å². The minimum atomic E-state index is -1.14. The summed E-state index contributed by atoms with van der Waals surface area (Å²) in [6.07, 6.45) is -2.39. The van der Waals surface area contributed by atoms with E-state index in [1.165, 1.54) is 0 Å². The average molecular weight is 271 g/mol. The van der Waals surface area contributed by atoms with Gasteiger partial charge in [-0.15, -0.1) is 0 Å². The zero-order chi connectivity index (χ0) is 11.4. The Balaban J connectivity index is 2.95. The van der Waals surface area contributed by atoms with Crippen molar-refractivity contribution in [1.29, 1.82) is 5.26 Å². The number of benzene rings is 1. The van der Waals surface area contributed by atoms with E-state index in [-0.39, 0.29) is 6.42 Å². The predicted molar refractivity (Wildman–Crippen MR) is 59.8 cm³/mol. The molecule has 15 heavy (non-hydrogen) atoms. The van der Waals surface area contributed by atoms with Crippen molar-refractivity contribution >= 4 is 21.6 Å². The van der Waals surface area contributed by atoms with Gasteiger partial charge in [0, 0.05) is 15.7 Å². The van der Waals surface area contributed by atoms with Crippen LogP contribution in [-0.4, -0.2) is 16.3 Å². The Hall–Kier alpha value is -1.09. The van der Waals surface area contributed by atoms with Crippen LogP contribution in [0.25, 0.3) is 0 Å². The molecule has 2 unspecified atom stereocenters. The van der Waals surface area contributed by atoms with Crippen LogP contribution in [-0.2, 0) is 0 Å². The number of aliphatic hydroxyl groups is 2. The largest absolute Gasteiger partial charge is 0.398 e. The fourth-order valence-corrected chi connectivity index (χ4v) is 1.59. The topological polar surface area (TPSA) is 90.3 Å². The van der Waals surface area contributed by atoms with E-state index < -0.39 is 12.2 Å². The summed E-state index contributed by atoms with van der Waals surface area (Å²) >= 11 is 3.24. The normalized spacial score (nSPS) is 14.3. The molecule has 1 rings (SSSR count). The van der Waals surface area contributed by atoms with Gasteiger partial charge in [-0.2, -0.15) is 5.26 Å². The maximum absolute atomic E-state index is 9.72. The Kier molecular flexibility index (Phi) is 4.09. The van der Waals surface area contributed by atoms with Crippen LogP contribution in [0.15, 0.2) is 22.7 Å². The van der Waals surface area contributed by atoms with Crippen LogP contribution in [0.2, 0.25) is 0 Å². The zero-order valence-corrected chi connectivity index (χ0v) is 9.48. The summed E-state index contributed by atoms with van der Waals surface area (Å²) < 4.78 is 0.759. The third kappa shape index (κ3) is 2.93. The number of nitriles is 1. The highest BCUT2D eigenvalue weighted by Gasteiger charge is 2.20. The number of nitrogen functional groups attached to an aromatic ring is 1. The fraction of sp³-hybridized carbons (Fsp3) is 0.300. The molecule has 0 saturated heterocycles. The first kappa shape index (κ1) is 12.0. The van der Waals surface area contributed by atoms with Gasteiger partial charge in [0.25, 0.3) is 0 Å². The third-order valence-electron chi connectivity index (χ3n) is 2.03. The molecular weight excluding hydrogens is 260 g/mol. The lowest BCUT2D eigenvalue weighted by Gasteiger charge is -2.17. The highest BCUT2D eigenvalue weighted by Crippen LogP contribution is 2.27. The molecule has 0 aliphatic carbocycles. The van der Waals surface area contributed by atoms with Crippen LogP contribution in [0.1, 0.15) is 18.1 Å². The maximum Gasteiger partial charge on any atom is 0.108 e. The van der Waals surface area contributed by atoms with Crippen LogP contribution in [0, 0.1) is 11.3 Å². The first-order chi connectivity index (χ1) is 7.06. The van der Waals surface area contributed by atoms with E-state index in [4.69, 9.17) is 11.0 Å². The number of anilines is 1. The van der Waals surface area contributed by atoms with Gasteiger partial charge >= 0.3 is 0 Å². The molecule has 2 atom stereocenters. The number of halogens is 1. The number of rotatable bonds is 3. The first-order valence-electron chi connectivity index (χ1n) is 4.34. The molecule has 80 valence electrons. The SMILES string of the molecule is N#CCC(O)C(O)c1cc(Br)ccc1N. The fourth-order valence-electron chi connectivity index (χ4n) is 1.21. The summed E-state index contributed by atoms with van der Waals surface area (Å²) in [5.41, 5.74) is 6.46. The number of aliphatic hydroxyl groups excluding tert-OH is 2. The molecule has 1 aromatic rings. The highest BCUT2D eigenvalue weighted by molar-refractivity contribution is 9.10. The van der Waals surface area contributed by atoms with E-state index in [2.05, 4.69) is 15.9 Å². The summed E-state index contributed by atoms with van der Waals surface area (Å²) in [4.78, 5) is 0. The minimum Gasteiger partial charge on any atom is -0.398 e. The van der Waals surface area contributed by atoms with Gasteiger partial charge in [-0.1, -0.05) is 15.9 Å². The van der Waals surface area contributed by atoms with Gasteiger partial charge in [0.1, 0.15) is 6.10 Å². The molecule has 5 heteroatoms. The van der Waals surface area contributed by atoms with Gasteiger partial charge in [0.15, 0.2) is 0 Å². The monoisotopic (exact) mass is 270 g/mol. The Morgan fingerprint density at radius 2 is 2.13 bits per heavy atom. The first-order valence-corrected chi connectivity index (χ1v) is 5.13. The van der Waals surface area contributed by atoms with Crippen molar-refractivity contribution in [3.05, 3.63) is 28.2 Å². The second kappa shape index (κ2) is 5.12. The van der Waals surface area contributed by atoms with Crippen LogP contribution in [0.4, 0.5) is 5.69 Å². The van der Waals surface area contributed by atoms with E-state index in [0.717, 1.165) is 4.47 Å². The van der Waals surface area contributed by atoms with Crippen molar-refractivity contribution < 1.29 is 10.2 Å². The molecule has 1 aromatic carbocycles. The number of nitrogens with two attached hydrogens (primary N) is 1. The molecule has 0 bridgehead atoms. The molecule has 0 aromatic heterocycles. The van der Waals surface area contributed by atoms with E-state index in [1.807, 2.05) is 0 Å². The van der Waals surface area contributed by atoms with Gasteiger partial charge in [0.2, 0.25) is 0 Å². The van der Waals surface area contributed by atoms with Crippen molar-refractivity contribution in [1.82, 2.24) is 0 Å². The van der Waals surface area contributed by atoms with Gasteiger partial charge in [-0.05, 0) is 18.2 Å². The number of nitrogens with zero attached hydrogens (tertiary/aromatic N) is 1. The second-order valence-electron chi connectivity index (χ2n) is 3.15. The number of hydrogen-bond acceptors (Lipinski definition) is 4. The summed E-state index contributed by atoms with van der Waals surface area (Å²) in [6.45, 7) is 0. The third-order valence-corrected chi connectivity index (χ3v) is 2.53. The molecule has 0 aliphatic heterocycles. The van der Waals surface area contributed by atoms with Crippen molar-refractivity contribution in [2.45, 2.75) is 18.6 Å². The molecule has 4 nitrogen and oxygen atoms in total. The van der Waals surface area contributed by atoms with Gasteiger partial charge in [-0.25, -0.2) is 0 Å². The molecule has 0 aliphatic rings. The summed E-state index contributed by atoms with van der Waals surface area (Å²) in [7, 11) is 0. The van der Waals surface area contributed by atoms with E-state index >= 15 is 0 Å². The molecule has 0 fully saturated rings. The van der Waals surface area contributed by atoms with Gasteiger partial charge in [-0.3, -0.25) is 0 Å². The Morgan fingerprint density at radius 3 is 2.73 bits per heavy atom. The van der Waals surface area contributed by atoms with Crippen molar-refractivity contribution in [3.63, 3.8) is 0 Å². The Bertz CT molecular complexity index is 389. The lowest BCUT2D eigenvalue weighted by molar-refractivity contribution is 0.0220.